The molecule has 168 valence electrons. The number of carbonyl (C=O) groups excluding carboxylic acids is 1. The second kappa shape index (κ2) is 7.31. The first-order chi connectivity index (χ1) is 15.0. The Labute approximate surface area is 186 Å². The van der Waals surface area contributed by atoms with Crippen LogP contribution in [0.1, 0.15) is 57.9 Å². The molecule has 2 saturated carbocycles. The normalized spacial score (nSPS) is 48.3. The van der Waals surface area contributed by atoms with E-state index in [2.05, 4.69) is 44.2 Å². The summed E-state index contributed by atoms with van der Waals surface area (Å²) in [6, 6.07) is 10.9. The average Bonchev–Trinajstić information content (AvgIpc) is 3.45. The summed E-state index contributed by atoms with van der Waals surface area (Å²) < 4.78 is 12.6. The lowest BCUT2D eigenvalue weighted by Gasteiger charge is -2.48. The molecule has 0 bridgehead atoms. The van der Waals surface area contributed by atoms with Crippen molar-refractivity contribution in [1.82, 2.24) is 0 Å². The minimum atomic E-state index is 0.0245. The largest absolute Gasteiger partial charge is 0.462 e. The zero-order valence-corrected chi connectivity index (χ0v) is 19.1. The molecule has 5 fully saturated rings. The number of benzene rings is 1. The number of hydrogen-bond donors (Lipinski definition) is 1. The summed E-state index contributed by atoms with van der Waals surface area (Å²) in [6.45, 7) is 8.10. The van der Waals surface area contributed by atoms with Gasteiger partial charge in [-0.1, -0.05) is 50.6 Å². The smallest absolute Gasteiger partial charge is 0.315 e. The molecule has 2 aliphatic carbocycles. The standard InChI is InChI=1S/C27H37NO3/c1-18-7-6-12-26(2)16-22-23(24-27(18,26)31-24)21(25(29)30-22)17-28-13-10-20(11-14-28)15-19-8-4-3-5-9-19/h3-5,8-9,18,20-24H,6-7,10-17H2,1-2H3/p+1/t18-,21+,22+,23+,24+,26+,27+/m0/s1. The summed E-state index contributed by atoms with van der Waals surface area (Å²) in [4.78, 5) is 14.6. The highest BCUT2D eigenvalue weighted by Crippen LogP contribution is 2.70. The number of ether oxygens (including phenoxy) is 2. The van der Waals surface area contributed by atoms with E-state index >= 15 is 0 Å². The van der Waals surface area contributed by atoms with Gasteiger partial charge in [0, 0.05) is 11.3 Å². The lowest BCUT2D eigenvalue weighted by Crippen LogP contribution is -3.14. The second-order valence-electron chi connectivity index (χ2n) is 11.6. The molecule has 0 unspecified atom stereocenters. The quantitative estimate of drug-likeness (QED) is 0.597. The van der Waals surface area contributed by atoms with Crippen molar-refractivity contribution in [3.8, 4) is 0 Å². The maximum Gasteiger partial charge on any atom is 0.315 e. The zero-order valence-electron chi connectivity index (χ0n) is 19.1. The van der Waals surface area contributed by atoms with E-state index in [1.807, 2.05) is 0 Å². The van der Waals surface area contributed by atoms with Crippen LogP contribution in [0.4, 0.5) is 0 Å². The molecule has 5 aliphatic rings. The summed E-state index contributed by atoms with van der Waals surface area (Å²) >= 11 is 0. The van der Waals surface area contributed by atoms with Crippen molar-refractivity contribution < 1.29 is 19.2 Å². The van der Waals surface area contributed by atoms with Gasteiger partial charge < -0.3 is 14.4 Å². The number of rotatable bonds is 4. The topological polar surface area (TPSA) is 43.3 Å². The molecule has 1 aromatic rings. The van der Waals surface area contributed by atoms with Crippen LogP contribution >= 0.6 is 0 Å². The van der Waals surface area contributed by atoms with Crippen LogP contribution in [-0.2, 0) is 20.7 Å². The predicted octanol–water partition coefficient (Wildman–Crippen LogP) is 3.05. The van der Waals surface area contributed by atoms with Gasteiger partial charge in [0.25, 0.3) is 0 Å². The highest BCUT2D eigenvalue weighted by Gasteiger charge is 2.78. The van der Waals surface area contributed by atoms with E-state index in [-0.39, 0.29) is 41.0 Å². The van der Waals surface area contributed by atoms with Gasteiger partial charge in [-0.2, -0.15) is 0 Å². The van der Waals surface area contributed by atoms with Crippen molar-refractivity contribution in [3.63, 3.8) is 0 Å². The third-order valence-corrected chi connectivity index (χ3v) is 9.88. The van der Waals surface area contributed by atoms with Crippen molar-refractivity contribution in [2.45, 2.75) is 76.6 Å². The molecule has 31 heavy (non-hydrogen) atoms. The summed E-state index contributed by atoms with van der Waals surface area (Å²) in [5, 5.41) is 0. The van der Waals surface area contributed by atoms with Gasteiger partial charge in [0.1, 0.15) is 17.6 Å². The van der Waals surface area contributed by atoms with Crippen LogP contribution in [-0.4, -0.2) is 43.4 Å². The Morgan fingerprint density at radius 1 is 1.13 bits per heavy atom. The predicted molar refractivity (Wildman–Crippen MR) is 119 cm³/mol. The van der Waals surface area contributed by atoms with Gasteiger partial charge in [-0.05, 0) is 55.9 Å². The van der Waals surface area contributed by atoms with E-state index in [0.29, 0.717) is 5.92 Å². The molecular weight excluding hydrogens is 386 g/mol. The number of quaternary nitrogens is 1. The van der Waals surface area contributed by atoms with Crippen LogP contribution in [0.5, 0.6) is 0 Å². The van der Waals surface area contributed by atoms with Gasteiger partial charge >= 0.3 is 5.97 Å². The highest BCUT2D eigenvalue weighted by molar-refractivity contribution is 5.76. The minimum Gasteiger partial charge on any atom is -0.462 e. The maximum atomic E-state index is 13.0. The Hall–Kier alpha value is -1.39. The minimum absolute atomic E-state index is 0.0245. The summed E-state index contributed by atoms with van der Waals surface area (Å²) in [5.74, 6) is 1.77. The summed E-state index contributed by atoms with van der Waals surface area (Å²) in [6.07, 6.45) is 8.84. The Kier molecular flexibility index (Phi) is 4.77. The number of carbonyl (C=O) groups is 1. The molecular formula is C27H38NO3+. The molecule has 4 nitrogen and oxygen atoms in total. The van der Waals surface area contributed by atoms with E-state index in [9.17, 15) is 4.79 Å². The fourth-order valence-electron chi connectivity index (χ4n) is 8.22. The van der Waals surface area contributed by atoms with Gasteiger partial charge in [0.2, 0.25) is 0 Å². The van der Waals surface area contributed by atoms with E-state index in [1.54, 1.807) is 4.90 Å². The molecule has 0 aromatic heterocycles. The van der Waals surface area contributed by atoms with Gasteiger partial charge in [-0.3, -0.25) is 4.79 Å². The van der Waals surface area contributed by atoms with E-state index in [0.717, 1.165) is 18.9 Å². The molecule has 1 aromatic carbocycles. The monoisotopic (exact) mass is 424 g/mol. The molecule has 4 heteroatoms. The first kappa shape index (κ1) is 20.2. The molecule has 3 saturated heterocycles. The van der Waals surface area contributed by atoms with Crippen molar-refractivity contribution in [2.24, 2.45) is 29.1 Å². The molecule has 1 N–H and O–H groups in total. The number of hydrogen-bond acceptors (Lipinski definition) is 3. The molecule has 1 spiro atoms. The molecule has 0 amide bonds. The van der Waals surface area contributed by atoms with Crippen molar-refractivity contribution >= 4 is 5.97 Å². The third kappa shape index (κ3) is 3.12. The van der Waals surface area contributed by atoms with E-state index in [4.69, 9.17) is 9.47 Å². The van der Waals surface area contributed by atoms with Crippen LogP contribution in [0.3, 0.4) is 0 Å². The van der Waals surface area contributed by atoms with E-state index in [1.165, 1.54) is 57.2 Å². The SMILES string of the molecule is C[C@H]1CCC[C@]2(C)C[C@H]3OC(=O)[C@H](C[NH+]4CCC(Cc5ccccc5)CC4)[C@H]3[C@H]3O[C@@]312. The summed E-state index contributed by atoms with van der Waals surface area (Å²) in [5.41, 5.74) is 1.67. The molecule has 7 atom stereocenters. The average molecular weight is 425 g/mol. The van der Waals surface area contributed by atoms with Crippen LogP contribution in [0.15, 0.2) is 30.3 Å². The number of fused-ring (bicyclic) bond motifs is 2. The van der Waals surface area contributed by atoms with Gasteiger partial charge in [0.15, 0.2) is 0 Å². The van der Waals surface area contributed by atoms with E-state index < -0.39 is 0 Å². The first-order valence-electron chi connectivity index (χ1n) is 12.8. The van der Waals surface area contributed by atoms with Crippen molar-refractivity contribution in [2.75, 3.05) is 19.6 Å². The number of nitrogens with one attached hydrogen (secondary N) is 1. The fourth-order valence-corrected chi connectivity index (χ4v) is 8.22. The number of esters is 1. The van der Waals surface area contributed by atoms with Crippen LogP contribution < -0.4 is 4.90 Å². The maximum absolute atomic E-state index is 13.0. The Balaban J connectivity index is 1.11. The van der Waals surface area contributed by atoms with Crippen LogP contribution in [0, 0.1) is 29.1 Å². The van der Waals surface area contributed by atoms with Gasteiger partial charge in [0.05, 0.1) is 25.7 Å². The molecule has 0 radical (unpaired) electrons. The van der Waals surface area contributed by atoms with Gasteiger partial charge in [-0.15, -0.1) is 0 Å². The lowest BCUT2D eigenvalue weighted by atomic mass is 9.53. The third-order valence-electron chi connectivity index (χ3n) is 9.88. The summed E-state index contributed by atoms with van der Waals surface area (Å²) in [7, 11) is 0. The Morgan fingerprint density at radius 2 is 1.90 bits per heavy atom. The molecule has 6 rings (SSSR count). The molecule has 3 heterocycles. The van der Waals surface area contributed by atoms with Crippen LogP contribution in [0.25, 0.3) is 0 Å². The molecule has 3 aliphatic heterocycles. The van der Waals surface area contributed by atoms with Crippen LogP contribution in [0.2, 0.25) is 0 Å². The highest BCUT2D eigenvalue weighted by atomic mass is 16.6. The lowest BCUT2D eigenvalue weighted by molar-refractivity contribution is -0.908. The van der Waals surface area contributed by atoms with Gasteiger partial charge in [-0.25, -0.2) is 0 Å². The fraction of sp³-hybridized carbons (Fsp3) is 0.741. The Bertz CT molecular complexity index is 834. The first-order valence-corrected chi connectivity index (χ1v) is 12.8. The Morgan fingerprint density at radius 3 is 2.68 bits per heavy atom. The number of piperidine rings is 1. The van der Waals surface area contributed by atoms with Crippen molar-refractivity contribution in [1.29, 1.82) is 0 Å². The van der Waals surface area contributed by atoms with Crippen molar-refractivity contribution in [3.05, 3.63) is 35.9 Å². The number of epoxide rings is 1. The number of likely N-dealkylation sites (tertiary alicyclic amines) is 1. The second-order valence-corrected chi connectivity index (χ2v) is 11.6. The zero-order chi connectivity index (χ0) is 21.2.